The highest BCUT2D eigenvalue weighted by Crippen LogP contribution is 2.28. The maximum Gasteiger partial charge on any atom is 0.252 e. The molecule has 1 amide bonds. The first kappa shape index (κ1) is 19.5. The molecule has 0 radical (unpaired) electrons. The monoisotopic (exact) mass is 366 g/mol. The summed E-state index contributed by atoms with van der Waals surface area (Å²) >= 11 is 12.1. The quantitative estimate of drug-likeness (QED) is 0.858. The predicted octanol–water partition coefficient (Wildman–Crippen LogP) is 3.36. The third-order valence-corrected chi connectivity index (χ3v) is 4.55. The Morgan fingerprint density at radius 1 is 1.36 bits per heavy atom. The van der Waals surface area contributed by atoms with Gasteiger partial charge in [-0.3, -0.25) is 4.79 Å². The predicted molar refractivity (Wildman–Crippen MR) is 92.1 cm³/mol. The van der Waals surface area contributed by atoms with E-state index < -0.39 is 5.60 Å². The standard InChI is InChI=1S/C15H20Cl2N2O2.ClH/c1-10(12-4-3-11(16)9-13(12)17)19-14(20)15(21-2)5-7-18-8-6-15;/h3-4,9-10,18H,5-8H2,1-2H3,(H,19,20);1H. The maximum absolute atomic E-state index is 12.6. The lowest BCUT2D eigenvalue weighted by Gasteiger charge is -2.35. The highest BCUT2D eigenvalue weighted by atomic mass is 35.5. The molecule has 22 heavy (non-hydrogen) atoms. The Kier molecular flexibility index (Phi) is 7.42. The molecule has 124 valence electrons. The highest BCUT2D eigenvalue weighted by Gasteiger charge is 2.40. The zero-order chi connectivity index (χ0) is 15.5. The summed E-state index contributed by atoms with van der Waals surface area (Å²) in [5.74, 6) is -0.0926. The van der Waals surface area contributed by atoms with Crippen LogP contribution in [0.25, 0.3) is 0 Å². The fourth-order valence-electron chi connectivity index (χ4n) is 2.61. The second kappa shape index (κ2) is 8.37. The van der Waals surface area contributed by atoms with Gasteiger partial charge in [0.25, 0.3) is 5.91 Å². The molecule has 2 N–H and O–H groups in total. The number of hydrogen-bond donors (Lipinski definition) is 2. The summed E-state index contributed by atoms with van der Waals surface area (Å²) < 4.78 is 5.52. The van der Waals surface area contributed by atoms with Crippen LogP contribution in [0.3, 0.4) is 0 Å². The minimum Gasteiger partial charge on any atom is -0.368 e. The van der Waals surface area contributed by atoms with Crippen molar-refractivity contribution < 1.29 is 9.53 Å². The number of piperidine rings is 1. The summed E-state index contributed by atoms with van der Waals surface area (Å²) in [7, 11) is 1.59. The van der Waals surface area contributed by atoms with Gasteiger partial charge in [-0.1, -0.05) is 29.3 Å². The lowest BCUT2D eigenvalue weighted by Crippen LogP contribution is -2.54. The molecule has 2 rings (SSSR count). The van der Waals surface area contributed by atoms with E-state index in [0.29, 0.717) is 22.9 Å². The van der Waals surface area contributed by atoms with E-state index in [2.05, 4.69) is 10.6 Å². The number of methoxy groups -OCH3 is 1. The van der Waals surface area contributed by atoms with Gasteiger partial charge in [0.2, 0.25) is 0 Å². The van der Waals surface area contributed by atoms with Gasteiger partial charge in [0.1, 0.15) is 5.60 Å². The summed E-state index contributed by atoms with van der Waals surface area (Å²) in [6.07, 6.45) is 1.33. The zero-order valence-electron chi connectivity index (χ0n) is 12.6. The van der Waals surface area contributed by atoms with Crippen molar-refractivity contribution in [2.75, 3.05) is 20.2 Å². The Hall–Kier alpha value is -0.520. The summed E-state index contributed by atoms with van der Waals surface area (Å²) in [6.45, 7) is 3.45. The fraction of sp³-hybridized carbons (Fsp3) is 0.533. The molecule has 1 unspecified atom stereocenters. The van der Waals surface area contributed by atoms with Crippen molar-refractivity contribution in [1.82, 2.24) is 10.6 Å². The van der Waals surface area contributed by atoms with Crippen LogP contribution >= 0.6 is 35.6 Å². The molecule has 1 heterocycles. The summed E-state index contributed by atoms with van der Waals surface area (Å²) in [5.41, 5.74) is 0.0907. The van der Waals surface area contributed by atoms with Crippen molar-refractivity contribution in [3.63, 3.8) is 0 Å². The van der Waals surface area contributed by atoms with Crippen LogP contribution in [-0.2, 0) is 9.53 Å². The van der Waals surface area contributed by atoms with E-state index in [9.17, 15) is 4.79 Å². The Labute approximate surface area is 147 Å². The maximum atomic E-state index is 12.6. The van der Waals surface area contributed by atoms with Crippen LogP contribution in [0.15, 0.2) is 18.2 Å². The first-order valence-corrected chi connectivity index (χ1v) is 7.76. The molecule has 1 aromatic rings. The number of carbonyl (C=O) groups is 1. The van der Waals surface area contributed by atoms with Crippen LogP contribution in [0.2, 0.25) is 10.0 Å². The fourth-order valence-corrected chi connectivity index (χ4v) is 3.19. The number of ether oxygens (including phenoxy) is 1. The number of nitrogens with one attached hydrogen (secondary N) is 2. The van der Waals surface area contributed by atoms with Gasteiger partial charge in [0.15, 0.2) is 0 Å². The third kappa shape index (κ3) is 4.27. The second-order valence-electron chi connectivity index (χ2n) is 5.31. The SMILES string of the molecule is COC1(C(=O)NC(C)c2ccc(Cl)cc2Cl)CCNCC1.Cl. The van der Waals surface area contributed by atoms with Crippen molar-refractivity contribution >= 4 is 41.5 Å². The van der Waals surface area contributed by atoms with Gasteiger partial charge in [-0.15, -0.1) is 12.4 Å². The molecule has 1 aromatic carbocycles. The summed E-state index contributed by atoms with van der Waals surface area (Å²) in [5, 5.41) is 7.36. The average Bonchev–Trinajstić information content (AvgIpc) is 2.47. The largest absolute Gasteiger partial charge is 0.368 e. The second-order valence-corrected chi connectivity index (χ2v) is 6.15. The molecule has 0 aliphatic carbocycles. The first-order chi connectivity index (χ1) is 9.98. The molecule has 1 saturated heterocycles. The lowest BCUT2D eigenvalue weighted by atomic mass is 9.90. The minimum absolute atomic E-state index is 0. The van der Waals surface area contributed by atoms with Crippen molar-refractivity contribution in [3.05, 3.63) is 33.8 Å². The van der Waals surface area contributed by atoms with Gasteiger partial charge in [-0.25, -0.2) is 0 Å². The van der Waals surface area contributed by atoms with Crippen LogP contribution < -0.4 is 10.6 Å². The molecule has 4 nitrogen and oxygen atoms in total. The minimum atomic E-state index is -0.752. The van der Waals surface area contributed by atoms with Crippen LogP contribution in [0.4, 0.5) is 0 Å². The van der Waals surface area contributed by atoms with E-state index in [-0.39, 0.29) is 24.4 Å². The van der Waals surface area contributed by atoms with Gasteiger partial charge >= 0.3 is 0 Å². The van der Waals surface area contributed by atoms with Crippen molar-refractivity contribution in [2.24, 2.45) is 0 Å². The van der Waals surface area contributed by atoms with E-state index in [4.69, 9.17) is 27.9 Å². The van der Waals surface area contributed by atoms with Crippen molar-refractivity contribution in [3.8, 4) is 0 Å². The van der Waals surface area contributed by atoms with E-state index in [0.717, 1.165) is 18.7 Å². The number of carbonyl (C=O) groups excluding carboxylic acids is 1. The van der Waals surface area contributed by atoms with Gasteiger partial charge in [0.05, 0.1) is 6.04 Å². The zero-order valence-corrected chi connectivity index (χ0v) is 14.9. The Morgan fingerprint density at radius 2 is 2.00 bits per heavy atom. The van der Waals surface area contributed by atoms with Crippen LogP contribution in [0.5, 0.6) is 0 Å². The Morgan fingerprint density at radius 3 is 2.55 bits per heavy atom. The molecule has 1 atom stereocenters. The molecular formula is C15H21Cl3N2O2. The van der Waals surface area contributed by atoms with Gasteiger partial charge in [-0.2, -0.15) is 0 Å². The number of rotatable bonds is 4. The van der Waals surface area contributed by atoms with E-state index in [1.54, 1.807) is 19.2 Å². The Bertz CT molecular complexity index is 520. The van der Waals surface area contributed by atoms with E-state index in [1.807, 2.05) is 13.0 Å². The van der Waals surface area contributed by atoms with Crippen LogP contribution in [0, 0.1) is 0 Å². The average molecular weight is 368 g/mol. The Balaban J connectivity index is 0.00000242. The van der Waals surface area contributed by atoms with Crippen molar-refractivity contribution in [2.45, 2.75) is 31.4 Å². The number of benzene rings is 1. The molecule has 1 aliphatic heterocycles. The number of hydrogen-bond acceptors (Lipinski definition) is 3. The van der Waals surface area contributed by atoms with Gasteiger partial charge in [0, 0.05) is 17.2 Å². The molecule has 7 heteroatoms. The number of halogens is 3. The number of amides is 1. The molecular weight excluding hydrogens is 347 g/mol. The molecule has 0 aromatic heterocycles. The summed E-state index contributed by atoms with van der Waals surface area (Å²) in [6, 6.07) is 5.07. The van der Waals surface area contributed by atoms with E-state index >= 15 is 0 Å². The van der Waals surface area contributed by atoms with Crippen LogP contribution in [-0.4, -0.2) is 31.7 Å². The first-order valence-electron chi connectivity index (χ1n) is 7.00. The lowest BCUT2D eigenvalue weighted by molar-refractivity contribution is -0.147. The van der Waals surface area contributed by atoms with Crippen LogP contribution in [0.1, 0.15) is 31.4 Å². The topological polar surface area (TPSA) is 50.4 Å². The molecule has 0 bridgehead atoms. The molecule has 0 saturated carbocycles. The van der Waals surface area contributed by atoms with Crippen molar-refractivity contribution in [1.29, 1.82) is 0 Å². The molecule has 1 aliphatic rings. The van der Waals surface area contributed by atoms with Gasteiger partial charge in [-0.05, 0) is 50.6 Å². The third-order valence-electron chi connectivity index (χ3n) is 3.99. The molecule has 0 spiro atoms. The van der Waals surface area contributed by atoms with Gasteiger partial charge < -0.3 is 15.4 Å². The highest BCUT2D eigenvalue weighted by molar-refractivity contribution is 6.35. The normalized spacial score (nSPS) is 18.2. The molecule has 1 fully saturated rings. The van der Waals surface area contributed by atoms with E-state index in [1.165, 1.54) is 0 Å². The summed E-state index contributed by atoms with van der Waals surface area (Å²) in [4.78, 5) is 12.6. The smallest absolute Gasteiger partial charge is 0.252 e.